The first-order valence-electron chi connectivity index (χ1n) is 4.48. The lowest BCUT2D eigenvalue weighted by Crippen LogP contribution is -2.18. The molecular formula is C10H6N2O5S. The number of carbonyl (C=O) groups is 2. The van der Waals surface area contributed by atoms with Crippen LogP contribution in [-0.4, -0.2) is 24.5 Å². The van der Waals surface area contributed by atoms with E-state index in [0.29, 0.717) is 0 Å². The van der Waals surface area contributed by atoms with E-state index in [1.807, 2.05) is 0 Å². The lowest BCUT2D eigenvalue weighted by atomic mass is 9.95. The van der Waals surface area contributed by atoms with Gasteiger partial charge in [0.1, 0.15) is 4.90 Å². The number of Topliss-reactive ketones (excluding diaryl/α,β-unsaturated/α-hetero) is 1. The van der Waals surface area contributed by atoms with Crippen LogP contribution < -0.4 is 0 Å². The normalized spacial score (nSPS) is 13.5. The highest BCUT2D eigenvalue weighted by molar-refractivity contribution is 7.86. The molecule has 0 radical (unpaired) electrons. The number of rotatable bonds is 1. The molecular weight excluding hydrogens is 260 g/mol. The van der Waals surface area contributed by atoms with Crippen molar-refractivity contribution in [1.82, 2.24) is 0 Å². The van der Waals surface area contributed by atoms with Gasteiger partial charge < -0.3 is 0 Å². The Kier molecular flexibility index (Phi) is 3.70. The number of ketones is 2. The van der Waals surface area contributed by atoms with Crippen molar-refractivity contribution in [3.05, 3.63) is 35.4 Å². The van der Waals surface area contributed by atoms with Gasteiger partial charge in [0.2, 0.25) is 11.6 Å². The molecule has 0 fully saturated rings. The second-order valence-corrected chi connectivity index (χ2v) is 4.61. The van der Waals surface area contributed by atoms with Gasteiger partial charge in [-0.05, 0) is 18.2 Å². The highest BCUT2D eigenvalue weighted by atomic mass is 32.2. The summed E-state index contributed by atoms with van der Waals surface area (Å²) in [4.78, 5) is 22.1. The molecule has 0 heterocycles. The topological polar surface area (TPSA) is 136 Å². The molecule has 0 spiro atoms. The summed E-state index contributed by atoms with van der Waals surface area (Å²) < 4.78 is 31.0. The van der Waals surface area contributed by atoms with Gasteiger partial charge in [-0.1, -0.05) is 12.1 Å². The third-order valence-electron chi connectivity index (χ3n) is 2.21. The number of benzene rings is 1. The second kappa shape index (κ2) is 4.87. The zero-order chi connectivity index (χ0) is 13.9. The van der Waals surface area contributed by atoms with E-state index in [2.05, 4.69) is 0 Å². The zero-order valence-electron chi connectivity index (χ0n) is 8.77. The van der Waals surface area contributed by atoms with Crippen molar-refractivity contribution < 1.29 is 22.6 Å². The number of fused-ring (bicyclic) bond motifs is 1. The molecule has 0 saturated heterocycles. The summed E-state index contributed by atoms with van der Waals surface area (Å²) in [5.74, 6) is -1.48. The van der Waals surface area contributed by atoms with Gasteiger partial charge in [-0.2, -0.15) is 8.42 Å². The van der Waals surface area contributed by atoms with Gasteiger partial charge in [0, 0.05) is 21.9 Å². The summed E-state index contributed by atoms with van der Waals surface area (Å²) in [5.41, 5.74) is 0.0391. The maximum Gasteiger partial charge on any atom is 0.295 e. The van der Waals surface area contributed by atoms with Crippen LogP contribution in [0.1, 0.15) is 15.9 Å². The van der Waals surface area contributed by atoms with Crippen LogP contribution in [0.5, 0.6) is 0 Å². The summed E-state index contributed by atoms with van der Waals surface area (Å²) in [6, 6.07) is 3.81. The molecule has 18 heavy (non-hydrogen) atoms. The molecule has 0 saturated carbocycles. The smallest absolute Gasteiger partial charge is 0.286 e. The van der Waals surface area contributed by atoms with E-state index in [4.69, 9.17) is 15.3 Å². The molecule has 1 N–H and O–H groups in total. The Morgan fingerprint density at radius 3 is 2.22 bits per heavy atom. The predicted octanol–water partition coefficient (Wildman–Crippen LogP) is 0.742. The van der Waals surface area contributed by atoms with Crippen LogP contribution in [-0.2, 0) is 14.9 Å². The zero-order valence-corrected chi connectivity index (χ0v) is 9.59. The molecule has 0 aromatic heterocycles. The molecule has 1 aromatic rings. The van der Waals surface area contributed by atoms with Gasteiger partial charge in [0.05, 0.1) is 0 Å². The summed E-state index contributed by atoms with van der Waals surface area (Å²) in [6.07, 6.45) is 2.20. The molecule has 1 aliphatic rings. The van der Waals surface area contributed by atoms with Gasteiger partial charge in [0.15, 0.2) is 0 Å². The minimum atomic E-state index is -4.40. The molecule has 7 nitrogen and oxygen atoms in total. The van der Waals surface area contributed by atoms with Gasteiger partial charge in [-0.25, -0.2) is 0 Å². The average molecular weight is 266 g/mol. The molecule has 2 rings (SSSR count). The second-order valence-electron chi connectivity index (χ2n) is 3.22. The maximum absolute atomic E-state index is 11.4. The van der Waals surface area contributed by atoms with Crippen molar-refractivity contribution in [3.8, 4) is 0 Å². The average Bonchev–Trinajstić information content (AvgIpc) is 2.35. The van der Waals surface area contributed by atoms with Gasteiger partial charge in [-0.15, -0.1) is 0 Å². The molecule has 1 aromatic carbocycles. The summed E-state index contributed by atoms with van der Waals surface area (Å²) in [7, 11) is -4.40. The van der Waals surface area contributed by atoms with Crippen LogP contribution in [0, 0.1) is 10.8 Å². The largest absolute Gasteiger partial charge is 0.295 e. The van der Waals surface area contributed by atoms with E-state index >= 15 is 0 Å². The molecule has 1 aliphatic carbocycles. The Morgan fingerprint density at radius 1 is 1.06 bits per heavy atom. The molecule has 92 valence electrons. The predicted molar refractivity (Wildman–Crippen MR) is 58.1 cm³/mol. The lowest BCUT2D eigenvalue weighted by Gasteiger charge is -2.10. The van der Waals surface area contributed by atoms with Crippen molar-refractivity contribution in [2.24, 2.45) is 0 Å². The van der Waals surface area contributed by atoms with E-state index in [1.54, 1.807) is 0 Å². The van der Waals surface area contributed by atoms with Crippen molar-refractivity contribution >= 4 is 27.8 Å². The van der Waals surface area contributed by atoms with Gasteiger partial charge in [-0.3, -0.25) is 14.1 Å². The maximum atomic E-state index is 11.4. The first kappa shape index (κ1) is 13.7. The third kappa shape index (κ3) is 2.32. The fourth-order valence-electron chi connectivity index (χ4n) is 1.51. The Labute approximate surface area is 102 Å². The number of carbonyl (C=O) groups excluding carboxylic acids is 2. The minimum absolute atomic E-state index is 0.0115. The van der Waals surface area contributed by atoms with Crippen molar-refractivity contribution in [2.75, 3.05) is 0 Å². The standard InChI is InChI=1S/C10H6O5S.N2/c11-8-5-4-6-7(10(8)12)2-1-3-9(6)16(13,14)15;1-2/h1-5H,(H,13,14,15);. The molecule has 0 atom stereocenters. The van der Waals surface area contributed by atoms with E-state index in [-0.39, 0.29) is 16.0 Å². The quantitative estimate of drug-likeness (QED) is 0.449. The van der Waals surface area contributed by atoms with Crippen LogP contribution in [0.25, 0.3) is 6.08 Å². The fourth-order valence-corrected chi connectivity index (χ4v) is 2.21. The van der Waals surface area contributed by atoms with Crippen LogP contribution in [0.2, 0.25) is 0 Å². The Balaban J connectivity index is 0.000000771. The molecule has 0 unspecified atom stereocenters. The number of hydrogen-bond acceptors (Lipinski definition) is 6. The molecule has 8 heteroatoms. The van der Waals surface area contributed by atoms with Crippen LogP contribution in [0.3, 0.4) is 0 Å². The van der Waals surface area contributed by atoms with E-state index < -0.39 is 21.7 Å². The first-order chi connectivity index (χ1) is 8.41. The van der Waals surface area contributed by atoms with E-state index in [9.17, 15) is 18.0 Å². The third-order valence-corrected chi connectivity index (χ3v) is 3.13. The van der Waals surface area contributed by atoms with E-state index in [0.717, 1.165) is 6.08 Å². The Bertz CT molecular complexity index is 673. The monoisotopic (exact) mass is 266 g/mol. The number of nitrogens with zero attached hydrogens (tertiary/aromatic N) is 2. The number of allylic oxidation sites excluding steroid dienone is 1. The molecule has 0 amide bonds. The lowest BCUT2D eigenvalue weighted by molar-refractivity contribution is -0.110. The first-order valence-corrected chi connectivity index (χ1v) is 5.92. The SMILES string of the molecule is N#N.O=C1C=Cc2c(cccc2S(=O)(=O)O)C1=O. The van der Waals surface area contributed by atoms with Crippen LogP contribution in [0.15, 0.2) is 29.2 Å². The van der Waals surface area contributed by atoms with Gasteiger partial charge in [0.25, 0.3) is 10.1 Å². The molecule has 0 bridgehead atoms. The Hall–Kier alpha value is -2.37. The highest BCUT2D eigenvalue weighted by Crippen LogP contribution is 2.24. The van der Waals surface area contributed by atoms with Crippen molar-refractivity contribution in [2.45, 2.75) is 4.90 Å². The van der Waals surface area contributed by atoms with Crippen molar-refractivity contribution in [3.63, 3.8) is 0 Å². The minimum Gasteiger partial charge on any atom is -0.286 e. The fraction of sp³-hybridized carbons (Fsp3) is 0. The van der Waals surface area contributed by atoms with Gasteiger partial charge >= 0.3 is 0 Å². The van der Waals surface area contributed by atoms with Crippen LogP contribution in [0.4, 0.5) is 0 Å². The highest BCUT2D eigenvalue weighted by Gasteiger charge is 2.25. The number of hydrogen-bond donors (Lipinski definition) is 1. The summed E-state index contributed by atoms with van der Waals surface area (Å²) >= 11 is 0. The van der Waals surface area contributed by atoms with E-state index in [1.165, 1.54) is 24.3 Å². The van der Waals surface area contributed by atoms with Crippen LogP contribution >= 0.6 is 0 Å². The summed E-state index contributed by atoms with van der Waals surface area (Å²) in [6.45, 7) is 0. The Morgan fingerprint density at radius 2 is 1.67 bits per heavy atom. The molecule has 0 aliphatic heterocycles. The summed E-state index contributed by atoms with van der Waals surface area (Å²) in [5, 5.41) is 12.0. The van der Waals surface area contributed by atoms with Crippen molar-refractivity contribution in [1.29, 1.82) is 10.8 Å².